The van der Waals surface area contributed by atoms with E-state index in [4.69, 9.17) is 13.9 Å². The molecule has 3 rings (SSSR count). The molecule has 0 unspecified atom stereocenters. The lowest BCUT2D eigenvalue weighted by Gasteiger charge is -2.11. The Morgan fingerprint density at radius 1 is 1.07 bits per heavy atom. The van der Waals surface area contributed by atoms with Crippen molar-refractivity contribution in [3.05, 3.63) is 66.1 Å². The first kappa shape index (κ1) is 18.5. The zero-order valence-corrected chi connectivity index (χ0v) is 15.3. The van der Waals surface area contributed by atoms with Crippen LogP contribution in [0.2, 0.25) is 0 Å². The van der Waals surface area contributed by atoms with E-state index in [1.54, 1.807) is 13.4 Å². The van der Waals surface area contributed by atoms with Crippen LogP contribution in [-0.2, 0) is 22.6 Å². The minimum absolute atomic E-state index is 0.260. The van der Waals surface area contributed by atoms with E-state index in [0.717, 1.165) is 11.1 Å². The molecule has 0 bridgehead atoms. The number of aromatic nitrogens is 1. The fourth-order valence-corrected chi connectivity index (χ4v) is 2.54. The quantitative estimate of drug-likeness (QED) is 0.560. The van der Waals surface area contributed by atoms with Crippen LogP contribution in [0, 0.1) is 0 Å². The van der Waals surface area contributed by atoms with Gasteiger partial charge in [0, 0.05) is 12.0 Å². The molecule has 1 heterocycles. The van der Waals surface area contributed by atoms with Gasteiger partial charge >= 0.3 is 5.97 Å². The summed E-state index contributed by atoms with van der Waals surface area (Å²) in [5.41, 5.74) is 2.52. The van der Waals surface area contributed by atoms with E-state index in [0.29, 0.717) is 36.1 Å². The van der Waals surface area contributed by atoms with Crippen molar-refractivity contribution in [3.8, 4) is 23.0 Å². The molecule has 0 atom stereocenters. The van der Waals surface area contributed by atoms with E-state index in [2.05, 4.69) is 9.72 Å². The van der Waals surface area contributed by atoms with Crippen molar-refractivity contribution < 1.29 is 23.4 Å². The minimum Gasteiger partial charge on any atom is -0.493 e. The first-order valence-corrected chi connectivity index (χ1v) is 8.56. The SMILES string of the molecule is COC(=O)CCc1coc(-c2ccc(OC)c(OCc3ccccc3)c2)n1. The molecule has 140 valence electrons. The van der Waals surface area contributed by atoms with Crippen molar-refractivity contribution in [2.45, 2.75) is 19.4 Å². The zero-order chi connectivity index (χ0) is 19.1. The van der Waals surface area contributed by atoms with Crippen molar-refractivity contribution in [1.82, 2.24) is 4.98 Å². The van der Waals surface area contributed by atoms with Gasteiger partial charge in [-0.25, -0.2) is 4.98 Å². The summed E-state index contributed by atoms with van der Waals surface area (Å²) in [6.45, 7) is 0.427. The van der Waals surface area contributed by atoms with Gasteiger partial charge in [0.15, 0.2) is 11.5 Å². The number of hydrogen-bond acceptors (Lipinski definition) is 6. The Bertz CT molecular complexity index is 889. The van der Waals surface area contributed by atoms with Gasteiger partial charge in [-0.15, -0.1) is 0 Å². The number of methoxy groups -OCH3 is 2. The van der Waals surface area contributed by atoms with Gasteiger partial charge in [-0.3, -0.25) is 4.79 Å². The monoisotopic (exact) mass is 367 g/mol. The van der Waals surface area contributed by atoms with Crippen LogP contribution < -0.4 is 9.47 Å². The molecule has 6 heteroatoms. The number of carbonyl (C=O) groups is 1. The van der Waals surface area contributed by atoms with Crippen LogP contribution in [0.25, 0.3) is 11.5 Å². The summed E-state index contributed by atoms with van der Waals surface area (Å²) >= 11 is 0. The molecule has 27 heavy (non-hydrogen) atoms. The van der Waals surface area contributed by atoms with Crippen molar-refractivity contribution >= 4 is 5.97 Å². The zero-order valence-electron chi connectivity index (χ0n) is 15.3. The summed E-state index contributed by atoms with van der Waals surface area (Å²) in [5.74, 6) is 1.42. The Balaban J connectivity index is 1.74. The molecule has 0 fully saturated rings. The van der Waals surface area contributed by atoms with Crippen molar-refractivity contribution in [2.75, 3.05) is 14.2 Å². The lowest BCUT2D eigenvalue weighted by molar-refractivity contribution is -0.140. The average Bonchev–Trinajstić information content (AvgIpc) is 3.20. The summed E-state index contributed by atoms with van der Waals surface area (Å²) in [4.78, 5) is 15.7. The third-order valence-corrected chi connectivity index (χ3v) is 4.01. The van der Waals surface area contributed by atoms with Gasteiger partial charge < -0.3 is 18.6 Å². The molecule has 1 aromatic heterocycles. The van der Waals surface area contributed by atoms with E-state index < -0.39 is 0 Å². The summed E-state index contributed by atoms with van der Waals surface area (Å²) in [6.07, 6.45) is 2.27. The smallest absolute Gasteiger partial charge is 0.305 e. The Labute approximate surface area is 157 Å². The molecule has 2 aromatic carbocycles. The van der Waals surface area contributed by atoms with Crippen LogP contribution in [0.15, 0.2) is 59.2 Å². The first-order valence-electron chi connectivity index (χ1n) is 8.56. The summed E-state index contributed by atoms with van der Waals surface area (Å²) in [6, 6.07) is 15.4. The first-order chi connectivity index (χ1) is 13.2. The molecular weight excluding hydrogens is 346 g/mol. The second-order valence-electron chi connectivity index (χ2n) is 5.86. The maximum Gasteiger partial charge on any atom is 0.305 e. The van der Waals surface area contributed by atoms with E-state index in [1.165, 1.54) is 7.11 Å². The molecule has 0 radical (unpaired) electrons. The Hall–Kier alpha value is -3.28. The third kappa shape index (κ3) is 4.88. The van der Waals surface area contributed by atoms with Gasteiger partial charge in [0.1, 0.15) is 12.9 Å². The second kappa shape index (κ2) is 8.89. The normalized spacial score (nSPS) is 10.4. The van der Waals surface area contributed by atoms with Crippen molar-refractivity contribution in [3.63, 3.8) is 0 Å². The van der Waals surface area contributed by atoms with Gasteiger partial charge in [-0.05, 0) is 23.8 Å². The highest BCUT2D eigenvalue weighted by Gasteiger charge is 2.13. The van der Waals surface area contributed by atoms with Gasteiger partial charge in [0.05, 0.1) is 26.3 Å². The number of ether oxygens (including phenoxy) is 3. The number of esters is 1. The fraction of sp³-hybridized carbons (Fsp3) is 0.238. The number of aryl methyl sites for hydroxylation is 1. The molecule has 0 N–H and O–H groups in total. The molecule has 0 saturated carbocycles. The highest BCUT2D eigenvalue weighted by molar-refractivity contribution is 5.69. The van der Waals surface area contributed by atoms with Crippen LogP contribution in [0.1, 0.15) is 17.7 Å². The lowest BCUT2D eigenvalue weighted by Crippen LogP contribution is -2.02. The molecule has 6 nitrogen and oxygen atoms in total. The fourth-order valence-electron chi connectivity index (χ4n) is 2.54. The van der Waals surface area contributed by atoms with Crippen LogP contribution in [-0.4, -0.2) is 25.2 Å². The molecule has 0 aliphatic carbocycles. The number of carbonyl (C=O) groups excluding carboxylic acids is 1. The maximum atomic E-state index is 11.3. The third-order valence-electron chi connectivity index (χ3n) is 4.01. The number of nitrogens with zero attached hydrogens (tertiary/aromatic N) is 1. The molecule has 0 aliphatic rings. The highest BCUT2D eigenvalue weighted by atomic mass is 16.5. The summed E-state index contributed by atoms with van der Waals surface area (Å²) in [7, 11) is 2.96. The van der Waals surface area contributed by atoms with Crippen LogP contribution in [0.4, 0.5) is 0 Å². The summed E-state index contributed by atoms with van der Waals surface area (Å²) < 4.78 is 21.5. The van der Waals surface area contributed by atoms with E-state index >= 15 is 0 Å². The topological polar surface area (TPSA) is 70.8 Å². The van der Waals surface area contributed by atoms with Crippen molar-refractivity contribution in [2.24, 2.45) is 0 Å². The summed E-state index contributed by atoms with van der Waals surface area (Å²) in [5, 5.41) is 0. The highest BCUT2D eigenvalue weighted by Crippen LogP contribution is 2.33. The Morgan fingerprint density at radius 3 is 2.63 bits per heavy atom. The lowest BCUT2D eigenvalue weighted by atomic mass is 10.2. The van der Waals surface area contributed by atoms with Crippen LogP contribution >= 0.6 is 0 Å². The van der Waals surface area contributed by atoms with E-state index in [-0.39, 0.29) is 12.4 Å². The number of hydrogen-bond donors (Lipinski definition) is 0. The molecule has 3 aromatic rings. The largest absolute Gasteiger partial charge is 0.493 e. The molecule has 0 amide bonds. The Kier molecular flexibility index (Phi) is 6.10. The van der Waals surface area contributed by atoms with Crippen LogP contribution in [0.3, 0.4) is 0 Å². The van der Waals surface area contributed by atoms with Gasteiger partial charge in [-0.1, -0.05) is 30.3 Å². The Morgan fingerprint density at radius 2 is 1.89 bits per heavy atom. The molecular formula is C21H21NO5. The number of oxazole rings is 1. The average molecular weight is 367 g/mol. The molecule has 0 aliphatic heterocycles. The minimum atomic E-state index is -0.277. The maximum absolute atomic E-state index is 11.3. The molecule has 0 saturated heterocycles. The second-order valence-corrected chi connectivity index (χ2v) is 5.86. The predicted octanol–water partition coefficient (Wildman–Crippen LogP) is 4.03. The number of rotatable bonds is 8. The standard InChI is InChI=1S/C21H21NO5/c1-24-18-10-8-16(12-19(18)26-13-15-6-4-3-5-7-15)21-22-17(14-27-21)9-11-20(23)25-2/h3-8,10,12,14H,9,11,13H2,1-2H3. The number of benzene rings is 2. The van der Waals surface area contributed by atoms with Crippen LogP contribution in [0.5, 0.6) is 11.5 Å². The van der Waals surface area contributed by atoms with Gasteiger partial charge in [0.2, 0.25) is 5.89 Å². The molecule has 0 spiro atoms. The van der Waals surface area contributed by atoms with Gasteiger partial charge in [0.25, 0.3) is 0 Å². The van der Waals surface area contributed by atoms with Crippen molar-refractivity contribution in [1.29, 1.82) is 0 Å². The van der Waals surface area contributed by atoms with E-state index in [1.807, 2.05) is 48.5 Å². The van der Waals surface area contributed by atoms with Gasteiger partial charge in [-0.2, -0.15) is 0 Å². The predicted molar refractivity (Wildman–Crippen MR) is 99.6 cm³/mol. The van der Waals surface area contributed by atoms with E-state index in [9.17, 15) is 4.79 Å².